The van der Waals surface area contributed by atoms with Gasteiger partial charge in [0.25, 0.3) is 0 Å². The third-order valence-corrected chi connectivity index (χ3v) is 5.17. The molecule has 3 aromatic carbocycles. The summed E-state index contributed by atoms with van der Waals surface area (Å²) in [7, 11) is 0. The number of hydrogen-bond acceptors (Lipinski definition) is 6. The lowest BCUT2D eigenvalue weighted by Gasteiger charge is -2.14. The Morgan fingerprint density at radius 1 is 0.886 bits per heavy atom. The second-order valence-electron chi connectivity index (χ2n) is 7.12. The van der Waals surface area contributed by atoms with E-state index < -0.39 is 11.8 Å². The Morgan fingerprint density at radius 3 is 2.31 bits per heavy atom. The van der Waals surface area contributed by atoms with E-state index >= 15 is 0 Å². The first-order chi connectivity index (χ1) is 17.0. The van der Waals surface area contributed by atoms with E-state index in [2.05, 4.69) is 31.8 Å². The molecule has 0 heterocycles. The number of carbonyl (C=O) groups is 2. The third kappa shape index (κ3) is 7.58. The fraction of sp³-hybridized carbons (Fsp3) is 0.192. The predicted molar refractivity (Wildman–Crippen MR) is 138 cm³/mol. The lowest BCUT2D eigenvalue weighted by Crippen LogP contribution is -2.32. The van der Waals surface area contributed by atoms with E-state index in [1.807, 2.05) is 44.2 Å². The number of nitrogens with zero attached hydrogens (tertiary/aromatic N) is 1. The van der Waals surface area contributed by atoms with Crippen molar-refractivity contribution in [2.75, 3.05) is 18.5 Å². The molecule has 3 aromatic rings. The molecule has 0 radical (unpaired) electrons. The largest absolute Gasteiger partial charge is 0.492 e. The number of anilines is 1. The van der Waals surface area contributed by atoms with Crippen LogP contribution in [0.15, 0.2) is 76.3 Å². The quantitative estimate of drug-likeness (QED) is 0.216. The zero-order chi connectivity index (χ0) is 25.0. The summed E-state index contributed by atoms with van der Waals surface area (Å²) in [4.78, 5) is 24.4. The van der Waals surface area contributed by atoms with E-state index in [1.54, 1.807) is 36.4 Å². The van der Waals surface area contributed by atoms with Gasteiger partial charge in [0.15, 0.2) is 11.5 Å². The van der Waals surface area contributed by atoms with Crippen LogP contribution in [0.25, 0.3) is 0 Å². The maximum Gasteiger partial charge on any atom is 0.329 e. The molecule has 9 heteroatoms. The summed E-state index contributed by atoms with van der Waals surface area (Å²) in [5.41, 5.74) is 4.28. The summed E-state index contributed by atoms with van der Waals surface area (Å²) in [6.45, 7) is 4.95. The van der Waals surface area contributed by atoms with Crippen molar-refractivity contribution in [2.24, 2.45) is 5.10 Å². The number of halogens is 1. The molecule has 2 N–H and O–H groups in total. The average molecular weight is 540 g/mol. The van der Waals surface area contributed by atoms with Crippen LogP contribution >= 0.6 is 15.9 Å². The SMILES string of the molecule is CCOc1ccccc1NC(=O)C(=O)NN=Cc1cc(Br)c(OCc2ccccc2)c(OCC)c1. The predicted octanol–water partition coefficient (Wildman–Crippen LogP) is 4.91. The first kappa shape index (κ1) is 25.8. The third-order valence-electron chi connectivity index (χ3n) is 4.58. The molecule has 0 aliphatic heterocycles. The number of hydrogen-bond donors (Lipinski definition) is 2. The van der Waals surface area contributed by atoms with Gasteiger partial charge in [-0.3, -0.25) is 9.59 Å². The number of para-hydroxylation sites is 2. The molecule has 182 valence electrons. The second-order valence-corrected chi connectivity index (χ2v) is 7.97. The number of amides is 2. The molecular weight excluding hydrogens is 514 g/mol. The molecule has 2 amide bonds. The van der Waals surface area contributed by atoms with Crippen LogP contribution in [0.3, 0.4) is 0 Å². The van der Waals surface area contributed by atoms with E-state index in [0.29, 0.717) is 52.8 Å². The molecule has 35 heavy (non-hydrogen) atoms. The summed E-state index contributed by atoms with van der Waals surface area (Å²) in [5.74, 6) is -0.225. The Bertz CT molecular complexity index is 1180. The summed E-state index contributed by atoms with van der Waals surface area (Å²) < 4.78 is 17.8. The molecule has 0 unspecified atom stereocenters. The van der Waals surface area contributed by atoms with Gasteiger partial charge in [0, 0.05) is 0 Å². The van der Waals surface area contributed by atoms with Crippen LogP contribution in [0, 0.1) is 0 Å². The summed E-state index contributed by atoms with van der Waals surface area (Å²) in [5, 5.41) is 6.41. The Balaban J connectivity index is 1.64. The second kappa shape index (κ2) is 13.1. The smallest absolute Gasteiger partial charge is 0.329 e. The van der Waals surface area contributed by atoms with E-state index in [-0.39, 0.29) is 0 Å². The molecule has 0 bridgehead atoms. The highest BCUT2D eigenvalue weighted by molar-refractivity contribution is 9.10. The molecule has 0 saturated heterocycles. The Hall–Kier alpha value is -3.85. The average Bonchev–Trinajstić information content (AvgIpc) is 2.85. The monoisotopic (exact) mass is 539 g/mol. The Morgan fingerprint density at radius 2 is 1.57 bits per heavy atom. The molecule has 0 spiro atoms. The van der Waals surface area contributed by atoms with Crippen LogP contribution in [0.2, 0.25) is 0 Å². The molecule has 0 aliphatic rings. The maximum absolute atomic E-state index is 12.2. The van der Waals surface area contributed by atoms with Crippen molar-refractivity contribution < 1.29 is 23.8 Å². The number of ether oxygens (including phenoxy) is 3. The zero-order valence-electron chi connectivity index (χ0n) is 19.4. The van der Waals surface area contributed by atoms with Crippen LogP contribution in [0.4, 0.5) is 5.69 Å². The Labute approximate surface area is 212 Å². The van der Waals surface area contributed by atoms with E-state index in [9.17, 15) is 9.59 Å². The van der Waals surface area contributed by atoms with Crippen molar-refractivity contribution in [3.05, 3.63) is 82.3 Å². The summed E-state index contributed by atoms with van der Waals surface area (Å²) in [6, 6.07) is 20.2. The minimum atomic E-state index is -0.917. The molecule has 0 saturated carbocycles. The highest BCUT2D eigenvalue weighted by Crippen LogP contribution is 2.37. The summed E-state index contributed by atoms with van der Waals surface area (Å²) >= 11 is 3.51. The van der Waals surface area contributed by atoms with Crippen LogP contribution in [-0.4, -0.2) is 31.2 Å². The van der Waals surface area contributed by atoms with Crippen molar-refractivity contribution in [1.29, 1.82) is 0 Å². The van der Waals surface area contributed by atoms with Gasteiger partial charge < -0.3 is 19.5 Å². The number of carbonyl (C=O) groups excluding carboxylic acids is 2. The van der Waals surface area contributed by atoms with E-state index in [4.69, 9.17) is 14.2 Å². The molecule has 3 rings (SSSR count). The number of hydrazone groups is 1. The highest BCUT2D eigenvalue weighted by atomic mass is 79.9. The Kier molecular flexibility index (Phi) is 9.68. The molecule has 0 aromatic heterocycles. The van der Waals surface area contributed by atoms with Gasteiger partial charge in [-0.05, 0) is 65.2 Å². The van der Waals surface area contributed by atoms with Gasteiger partial charge in [-0.1, -0.05) is 42.5 Å². The van der Waals surface area contributed by atoms with Gasteiger partial charge in [-0.15, -0.1) is 0 Å². The van der Waals surface area contributed by atoms with E-state index in [1.165, 1.54) is 6.21 Å². The molecular formula is C26H26BrN3O5. The van der Waals surface area contributed by atoms with Gasteiger partial charge in [0.2, 0.25) is 0 Å². The topological polar surface area (TPSA) is 98.2 Å². The van der Waals surface area contributed by atoms with Crippen LogP contribution in [0.5, 0.6) is 17.2 Å². The molecule has 0 aliphatic carbocycles. The lowest BCUT2D eigenvalue weighted by atomic mass is 10.2. The van der Waals surface area contributed by atoms with E-state index in [0.717, 1.165) is 5.56 Å². The van der Waals surface area contributed by atoms with Crippen LogP contribution < -0.4 is 25.0 Å². The van der Waals surface area contributed by atoms with Crippen molar-refractivity contribution in [1.82, 2.24) is 5.43 Å². The number of benzene rings is 3. The summed E-state index contributed by atoms with van der Waals surface area (Å²) in [6.07, 6.45) is 1.41. The van der Waals surface area contributed by atoms with Gasteiger partial charge in [-0.25, -0.2) is 5.43 Å². The number of nitrogens with one attached hydrogen (secondary N) is 2. The minimum Gasteiger partial charge on any atom is -0.492 e. The van der Waals surface area contributed by atoms with Gasteiger partial charge in [0.1, 0.15) is 12.4 Å². The lowest BCUT2D eigenvalue weighted by molar-refractivity contribution is -0.136. The first-order valence-electron chi connectivity index (χ1n) is 11.0. The van der Waals surface area contributed by atoms with Gasteiger partial charge >= 0.3 is 11.8 Å². The van der Waals surface area contributed by atoms with Crippen LogP contribution in [-0.2, 0) is 16.2 Å². The van der Waals surface area contributed by atoms with Gasteiger partial charge in [0.05, 0.1) is 29.6 Å². The maximum atomic E-state index is 12.2. The van der Waals surface area contributed by atoms with Crippen molar-refractivity contribution >= 4 is 39.6 Å². The minimum absolute atomic E-state index is 0.380. The number of rotatable bonds is 10. The van der Waals surface area contributed by atoms with Crippen LogP contribution in [0.1, 0.15) is 25.0 Å². The van der Waals surface area contributed by atoms with Crippen molar-refractivity contribution in [3.8, 4) is 17.2 Å². The normalized spacial score (nSPS) is 10.6. The van der Waals surface area contributed by atoms with Crippen molar-refractivity contribution in [3.63, 3.8) is 0 Å². The fourth-order valence-corrected chi connectivity index (χ4v) is 3.62. The zero-order valence-corrected chi connectivity index (χ0v) is 21.0. The molecule has 8 nitrogen and oxygen atoms in total. The first-order valence-corrected chi connectivity index (χ1v) is 11.8. The standard InChI is InChI=1S/C26H26BrN3O5/c1-3-33-22-13-9-8-12-21(22)29-25(31)26(32)30-28-16-19-14-20(27)24(23(15-19)34-4-2)35-17-18-10-6-5-7-11-18/h5-16H,3-4,17H2,1-2H3,(H,29,31)(H,30,32). The van der Waals surface area contributed by atoms with Crippen molar-refractivity contribution in [2.45, 2.75) is 20.5 Å². The van der Waals surface area contributed by atoms with Gasteiger partial charge in [-0.2, -0.15) is 5.10 Å². The highest BCUT2D eigenvalue weighted by Gasteiger charge is 2.16. The molecule has 0 fully saturated rings. The molecule has 0 atom stereocenters. The fourth-order valence-electron chi connectivity index (χ4n) is 3.04.